The molecule has 1 heterocycles. The highest BCUT2D eigenvalue weighted by Gasteiger charge is 2.25. The van der Waals surface area contributed by atoms with Gasteiger partial charge >= 0.3 is 5.97 Å². The van der Waals surface area contributed by atoms with E-state index >= 15 is 0 Å². The van der Waals surface area contributed by atoms with Crippen LogP contribution >= 0.6 is 23.2 Å². The van der Waals surface area contributed by atoms with Crippen LogP contribution in [0, 0.1) is 6.92 Å². The van der Waals surface area contributed by atoms with Gasteiger partial charge in [0, 0.05) is 6.61 Å². The van der Waals surface area contributed by atoms with Crippen LogP contribution in [0.25, 0.3) is 0 Å². The first-order valence-electron chi connectivity index (χ1n) is 6.51. The van der Waals surface area contributed by atoms with E-state index in [9.17, 15) is 9.59 Å². The van der Waals surface area contributed by atoms with Crippen molar-refractivity contribution in [1.29, 1.82) is 0 Å². The van der Waals surface area contributed by atoms with Crippen LogP contribution in [-0.2, 0) is 19.1 Å². The Bertz CT molecular complexity index is 556. The van der Waals surface area contributed by atoms with E-state index in [0.717, 1.165) is 12.0 Å². The summed E-state index contributed by atoms with van der Waals surface area (Å²) in [6, 6.07) is 3.38. The number of ether oxygens (including phenoxy) is 2. The summed E-state index contributed by atoms with van der Waals surface area (Å²) in [7, 11) is 0. The molecule has 1 fully saturated rings. The van der Waals surface area contributed by atoms with Gasteiger partial charge in [-0.1, -0.05) is 29.3 Å². The molecule has 0 spiro atoms. The molecule has 0 bridgehead atoms. The lowest BCUT2D eigenvalue weighted by molar-refractivity contribution is -0.156. The third-order valence-corrected chi connectivity index (χ3v) is 3.89. The summed E-state index contributed by atoms with van der Waals surface area (Å²) >= 11 is 12.1. The molecule has 1 aromatic carbocycles. The number of benzene rings is 1. The summed E-state index contributed by atoms with van der Waals surface area (Å²) in [5.74, 6) is -1.03. The van der Waals surface area contributed by atoms with Crippen molar-refractivity contribution in [3.8, 4) is 0 Å². The van der Waals surface area contributed by atoms with Gasteiger partial charge in [-0.25, -0.2) is 4.79 Å². The molecule has 1 atom stereocenters. The lowest BCUT2D eigenvalue weighted by atomic mass is 10.2. The zero-order valence-corrected chi connectivity index (χ0v) is 13.0. The Hall–Kier alpha value is -1.30. The molecule has 0 radical (unpaired) electrons. The zero-order valence-electron chi connectivity index (χ0n) is 11.4. The molecule has 0 aliphatic carbocycles. The van der Waals surface area contributed by atoms with Gasteiger partial charge in [0.2, 0.25) is 0 Å². The number of carbonyl (C=O) groups excluding carboxylic acids is 2. The van der Waals surface area contributed by atoms with Gasteiger partial charge in [0.25, 0.3) is 5.91 Å². The molecule has 0 aromatic heterocycles. The van der Waals surface area contributed by atoms with Crippen LogP contribution in [0.3, 0.4) is 0 Å². The molecule has 21 heavy (non-hydrogen) atoms. The molecule has 1 aliphatic rings. The van der Waals surface area contributed by atoms with Gasteiger partial charge < -0.3 is 14.8 Å². The molecule has 1 aliphatic heterocycles. The van der Waals surface area contributed by atoms with E-state index in [1.165, 1.54) is 0 Å². The summed E-state index contributed by atoms with van der Waals surface area (Å²) < 4.78 is 10.1. The molecule has 0 unspecified atom stereocenters. The van der Waals surface area contributed by atoms with Crippen LogP contribution in [0.2, 0.25) is 10.0 Å². The Morgan fingerprint density at radius 2 is 2.19 bits per heavy atom. The molecular formula is C14H15Cl2NO4. The fraction of sp³-hybridized carbons (Fsp3) is 0.429. The maximum absolute atomic E-state index is 11.8. The zero-order chi connectivity index (χ0) is 15.4. The molecule has 1 amide bonds. The van der Waals surface area contributed by atoms with E-state index in [0.29, 0.717) is 28.8 Å². The molecule has 1 saturated heterocycles. The highest BCUT2D eigenvalue weighted by Crippen LogP contribution is 2.32. The number of amides is 1. The maximum Gasteiger partial charge on any atom is 0.335 e. The third kappa shape index (κ3) is 4.09. The van der Waals surface area contributed by atoms with E-state index in [1.807, 2.05) is 0 Å². The minimum atomic E-state index is -0.566. The SMILES string of the molecule is Cc1ccc(Cl)c(NC(=O)COC(=O)[C@@H]2CCCO2)c1Cl. The van der Waals surface area contributed by atoms with Crippen molar-refractivity contribution in [3.63, 3.8) is 0 Å². The van der Waals surface area contributed by atoms with Crippen LogP contribution in [0.1, 0.15) is 18.4 Å². The van der Waals surface area contributed by atoms with E-state index in [1.54, 1.807) is 19.1 Å². The summed E-state index contributed by atoms with van der Waals surface area (Å²) in [6.45, 7) is 1.94. The average Bonchev–Trinajstić information content (AvgIpc) is 2.99. The van der Waals surface area contributed by atoms with Gasteiger partial charge in [-0.15, -0.1) is 0 Å². The van der Waals surface area contributed by atoms with Crippen molar-refractivity contribution in [2.24, 2.45) is 0 Å². The van der Waals surface area contributed by atoms with Crippen LogP contribution in [0.5, 0.6) is 0 Å². The molecule has 1 N–H and O–H groups in total. The number of hydrogen-bond donors (Lipinski definition) is 1. The van der Waals surface area contributed by atoms with E-state index in [4.69, 9.17) is 32.7 Å². The summed E-state index contributed by atoms with van der Waals surface area (Å²) in [5.41, 5.74) is 1.10. The topological polar surface area (TPSA) is 64.6 Å². The normalized spacial score (nSPS) is 17.6. The molecule has 1 aromatic rings. The van der Waals surface area contributed by atoms with Crippen LogP contribution in [0.4, 0.5) is 5.69 Å². The second-order valence-corrected chi connectivity index (χ2v) is 5.50. The Morgan fingerprint density at radius 3 is 2.86 bits per heavy atom. The highest BCUT2D eigenvalue weighted by atomic mass is 35.5. The van der Waals surface area contributed by atoms with Gasteiger partial charge in [-0.3, -0.25) is 4.79 Å². The van der Waals surface area contributed by atoms with Crippen LogP contribution < -0.4 is 5.32 Å². The second kappa shape index (κ2) is 7.11. The fourth-order valence-electron chi connectivity index (χ4n) is 1.94. The molecule has 0 saturated carbocycles. The first-order valence-corrected chi connectivity index (χ1v) is 7.27. The van der Waals surface area contributed by atoms with E-state index in [-0.39, 0.29) is 0 Å². The van der Waals surface area contributed by atoms with Crippen molar-refractivity contribution in [2.75, 3.05) is 18.5 Å². The van der Waals surface area contributed by atoms with Gasteiger partial charge in [0.05, 0.1) is 15.7 Å². The van der Waals surface area contributed by atoms with Crippen LogP contribution in [0.15, 0.2) is 12.1 Å². The predicted octanol–water partition coefficient (Wildman–Crippen LogP) is 2.96. The smallest absolute Gasteiger partial charge is 0.335 e. The van der Waals surface area contributed by atoms with E-state index < -0.39 is 24.6 Å². The number of rotatable bonds is 4. The van der Waals surface area contributed by atoms with Gasteiger partial charge in [-0.2, -0.15) is 0 Å². The third-order valence-electron chi connectivity index (χ3n) is 3.09. The molecule has 2 rings (SSSR count). The maximum atomic E-state index is 11.8. The molecule has 114 valence electrons. The minimum Gasteiger partial charge on any atom is -0.454 e. The summed E-state index contributed by atoms with van der Waals surface area (Å²) in [4.78, 5) is 23.4. The van der Waals surface area contributed by atoms with Crippen molar-refractivity contribution < 1.29 is 19.1 Å². The molecule has 7 heteroatoms. The molecular weight excluding hydrogens is 317 g/mol. The Labute approximate surface area is 132 Å². The lowest BCUT2D eigenvalue weighted by Gasteiger charge is -2.12. The summed E-state index contributed by atoms with van der Waals surface area (Å²) in [5, 5.41) is 3.23. The Morgan fingerprint density at radius 1 is 1.43 bits per heavy atom. The van der Waals surface area contributed by atoms with Gasteiger partial charge in [0.1, 0.15) is 0 Å². The fourth-order valence-corrected chi connectivity index (χ4v) is 2.41. The Kier molecular flexibility index (Phi) is 5.45. The number of aryl methyl sites for hydroxylation is 1. The number of anilines is 1. The van der Waals surface area contributed by atoms with Crippen molar-refractivity contribution in [2.45, 2.75) is 25.9 Å². The van der Waals surface area contributed by atoms with Gasteiger partial charge in [0.15, 0.2) is 12.7 Å². The molecule has 5 nitrogen and oxygen atoms in total. The van der Waals surface area contributed by atoms with E-state index in [2.05, 4.69) is 5.32 Å². The first-order chi connectivity index (χ1) is 9.99. The van der Waals surface area contributed by atoms with Gasteiger partial charge in [-0.05, 0) is 31.4 Å². The Balaban J connectivity index is 1.90. The second-order valence-electron chi connectivity index (χ2n) is 4.71. The van der Waals surface area contributed by atoms with Crippen molar-refractivity contribution in [1.82, 2.24) is 0 Å². The largest absolute Gasteiger partial charge is 0.454 e. The highest BCUT2D eigenvalue weighted by molar-refractivity contribution is 6.40. The van der Waals surface area contributed by atoms with Crippen molar-refractivity contribution >= 4 is 40.8 Å². The monoisotopic (exact) mass is 331 g/mol. The van der Waals surface area contributed by atoms with Crippen LogP contribution in [-0.4, -0.2) is 31.2 Å². The first kappa shape index (κ1) is 16.1. The lowest BCUT2D eigenvalue weighted by Crippen LogP contribution is -2.27. The van der Waals surface area contributed by atoms with Crippen molar-refractivity contribution in [3.05, 3.63) is 27.7 Å². The predicted molar refractivity (Wildman–Crippen MR) is 79.8 cm³/mol. The number of hydrogen-bond acceptors (Lipinski definition) is 4. The minimum absolute atomic E-state index is 0.316. The number of nitrogens with one attached hydrogen (secondary N) is 1. The summed E-state index contributed by atoms with van der Waals surface area (Å²) in [6.07, 6.45) is 0.875. The average molecular weight is 332 g/mol. The number of carbonyl (C=O) groups is 2. The number of halogens is 2. The standard InChI is InChI=1S/C14H15Cl2NO4/c1-8-4-5-9(15)13(12(8)16)17-11(18)7-21-14(19)10-3-2-6-20-10/h4-5,10H,2-3,6-7H2,1H3,(H,17,18)/t10-/m0/s1. The quantitative estimate of drug-likeness (QED) is 0.861. The number of esters is 1.